The molecule has 1 N–H and O–H groups in total. The molecular formula is C12H13N3O. The highest BCUT2D eigenvalue weighted by Crippen LogP contribution is 2.41. The summed E-state index contributed by atoms with van der Waals surface area (Å²) in [7, 11) is 2.13. The lowest BCUT2D eigenvalue weighted by atomic mass is 9.97. The third-order valence-corrected chi connectivity index (χ3v) is 3.92. The highest BCUT2D eigenvalue weighted by Gasteiger charge is 2.38. The second kappa shape index (κ2) is 3.19. The van der Waals surface area contributed by atoms with Crippen molar-refractivity contribution in [2.45, 2.75) is 31.3 Å². The zero-order chi connectivity index (χ0) is 11.3. The Morgan fingerprint density at radius 3 is 3.12 bits per heavy atom. The molecule has 0 saturated carbocycles. The molecule has 2 unspecified atom stereocenters. The van der Waals surface area contributed by atoms with E-state index in [-0.39, 0.29) is 11.1 Å². The molecule has 1 fully saturated rings. The van der Waals surface area contributed by atoms with Gasteiger partial charge >= 0.3 is 0 Å². The van der Waals surface area contributed by atoms with Gasteiger partial charge in [-0.1, -0.05) is 0 Å². The van der Waals surface area contributed by atoms with Crippen molar-refractivity contribution in [3.63, 3.8) is 0 Å². The van der Waals surface area contributed by atoms with Gasteiger partial charge in [0.2, 0.25) is 0 Å². The van der Waals surface area contributed by atoms with Crippen LogP contribution in [0.5, 0.6) is 0 Å². The molecule has 0 spiro atoms. The molecule has 3 heterocycles. The van der Waals surface area contributed by atoms with Crippen molar-refractivity contribution >= 4 is 0 Å². The lowest BCUT2D eigenvalue weighted by Gasteiger charge is -2.32. The molecule has 0 radical (unpaired) electrons. The van der Waals surface area contributed by atoms with Crippen molar-refractivity contribution in [1.29, 1.82) is 5.26 Å². The molecule has 16 heavy (non-hydrogen) atoms. The first kappa shape index (κ1) is 9.61. The fourth-order valence-corrected chi connectivity index (χ4v) is 3.00. The highest BCUT2D eigenvalue weighted by atomic mass is 16.1. The lowest BCUT2D eigenvalue weighted by molar-refractivity contribution is 0.222. The van der Waals surface area contributed by atoms with Crippen LogP contribution in [0, 0.1) is 11.3 Å². The molecule has 2 bridgehead atoms. The van der Waals surface area contributed by atoms with E-state index < -0.39 is 0 Å². The fraction of sp³-hybridized carbons (Fsp3) is 0.500. The summed E-state index contributed by atoms with van der Waals surface area (Å²) in [6, 6.07) is 4.67. The quantitative estimate of drug-likeness (QED) is 0.700. The average Bonchev–Trinajstić information content (AvgIpc) is 2.53. The van der Waals surface area contributed by atoms with E-state index in [1.165, 1.54) is 6.42 Å². The minimum absolute atomic E-state index is 0.234. The Morgan fingerprint density at radius 1 is 1.56 bits per heavy atom. The summed E-state index contributed by atoms with van der Waals surface area (Å²) in [6.45, 7) is 0. The summed E-state index contributed by atoms with van der Waals surface area (Å²) in [5.41, 5.74) is 2.17. The first-order valence-corrected chi connectivity index (χ1v) is 5.59. The molecule has 2 aliphatic rings. The molecule has 3 rings (SSSR count). The van der Waals surface area contributed by atoms with Crippen LogP contribution >= 0.6 is 0 Å². The van der Waals surface area contributed by atoms with E-state index in [9.17, 15) is 4.79 Å². The number of rotatable bonds is 0. The van der Waals surface area contributed by atoms with Crippen LogP contribution in [0.15, 0.2) is 10.9 Å². The summed E-state index contributed by atoms with van der Waals surface area (Å²) in [5.74, 6) is 0. The van der Waals surface area contributed by atoms with Crippen LogP contribution in [0.1, 0.15) is 35.7 Å². The minimum Gasteiger partial charge on any atom is -0.325 e. The molecule has 1 aromatic heterocycles. The summed E-state index contributed by atoms with van der Waals surface area (Å²) in [4.78, 5) is 16.8. The van der Waals surface area contributed by atoms with E-state index in [4.69, 9.17) is 5.26 Å². The Morgan fingerprint density at radius 2 is 2.38 bits per heavy atom. The van der Waals surface area contributed by atoms with E-state index in [1.54, 1.807) is 6.07 Å². The zero-order valence-corrected chi connectivity index (χ0v) is 9.16. The molecule has 0 aliphatic carbocycles. The maximum atomic E-state index is 11.5. The predicted molar refractivity (Wildman–Crippen MR) is 59.0 cm³/mol. The van der Waals surface area contributed by atoms with Gasteiger partial charge in [0.1, 0.15) is 11.6 Å². The third-order valence-electron chi connectivity index (χ3n) is 3.92. The van der Waals surface area contributed by atoms with Gasteiger partial charge in [-0.3, -0.25) is 9.69 Å². The SMILES string of the molecule is CN1C2CCC1c1cc(C#N)c(=O)[nH]c1C2. The molecule has 2 aliphatic heterocycles. The molecule has 1 aromatic rings. The lowest BCUT2D eigenvalue weighted by Crippen LogP contribution is -2.36. The molecule has 0 aromatic carbocycles. The standard InChI is InChI=1S/C12H13N3O/c1-15-8-2-3-11(15)9-4-7(6-13)12(16)14-10(9)5-8/h4,8,11H,2-3,5H2,1H3,(H,14,16). The van der Waals surface area contributed by atoms with Crippen molar-refractivity contribution in [3.8, 4) is 6.07 Å². The first-order chi connectivity index (χ1) is 7.70. The number of hydrogen-bond donors (Lipinski definition) is 1. The van der Waals surface area contributed by atoms with Gasteiger partial charge < -0.3 is 4.98 Å². The Labute approximate surface area is 93.5 Å². The van der Waals surface area contributed by atoms with Gasteiger partial charge in [-0.25, -0.2) is 0 Å². The van der Waals surface area contributed by atoms with Crippen LogP contribution in [0.4, 0.5) is 0 Å². The maximum Gasteiger partial charge on any atom is 0.266 e. The zero-order valence-electron chi connectivity index (χ0n) is 9.16. The molecule has 4 heteroatoms. The van der Waals surface area contributed by atoms with E-state index in [0.29, 0.717) is 12.1 Å². The number of nitriles is 1. The molecule has 0 amide bonds. The van der Waals surface area contributed by atoms with Crippen molar-refractivity contribution in [1.82, 2.24) is 9.88 Å². The van der Waals surface area contributed by atoms with Gasteiger partial charge in [-0.05, 0) is 31.5 Å². The molecule has 2 atom stereocenters. The maximum absolute atomic E-state index is 11.5. The van der Waals surface area contributed by atoms with Crippen LogP contribution in [0.25, 0.3) is 0 Å². The molecule has 1 saturated heterocycles. The Kier molecular flexibility index (Phi) is 1.92. The van der Waals surface area contributed by atoms with Crippen molar-refractivity contribution < 1.29 is 0 Å². The van der Waals surface area contributed by atoms with Crippen LogP contribution in [0.2, 0.25) is 0 Å². The number of pyridine rings is 1. The normalized spacial score (nSPS) is 27.5. The van der Waals surface area contributed by atoms with Crippen molar-refractivity contribution in [2.75, 3.05) is 7.05 Å². The highest BCUT2D eigenvalue weighted by molar-refractivity contribution is 5.37. The third kappa shape index (κ3) is 1.15. The van der Waals surface area contributed by atoms with E-state index in [2.05, 4.69) is 16.9 Å². The number of likely N-dealkylation sites (N-methyl/N-ethyl adjacent to an activating group) is 1. The number of fused-ring (bicyclic) bond motifs is 4. The Balaban J connectivity index is 2.19. The number of hydrogen-bond acceptors (Lipinski definition) is 3. The van der Waals surface area contributed by atoms with Gasteiger partial charge in [0.15, 0.2) is 0 Å². The van der Waals surface area contributed by atoms with Gasteiger partial charge in [0.25, 0.3) is 5.56 Å². The summed E-state index contributed by atoms with van der Waals surface area (Å²) in [5, 5.41) is 8.87. The monoisotopic (exact) mass is 215 g/mol. The number of H-pyrrole nitrogens is 1. The number of nitrogens with zero attached hydrogens (tertiary/aromatic N) is 2. The summed E-state index contributed by atoms with van der Waals surface area (Å²) >= 11 is 0. The largest absolute Gasteiger partial charge is 0.325 e. The van der Waals surface area contributed by atoms with Gasteiger partial charge in [0.05, 0.1) is 0 Å². The van der Waals surface area contributed by atoms with Crippen molar-refractivity contribution in [3.05, 3.63) is 33.2 Å². The van der Waals surface area contributed by atoms with Gasteiger partial charge in [0, 0.05) is 24.2 Å². The van der Waals surface area contributed by atoms with Crippen molar-refractivity contribution in [2.24, 2.45) is 0 Å². The number of aromatic amines is 1. The smallest absolute Gasteiger partial charge is 0.266 e. The molecule has 82 valence electrons. The Bertz CT molecular complexity index is 540. The minimum atomic E-state index is -0.245. The topological polar surface area (TPSA) is 59.9 Å². The van der Waals surface area contributed by atoms with E-state index in [1.807, 2.05) is 6.07 Å². The predicted octanol–water partition coefficient (Wildman–Crippen LogP) is 0.938. The summed E-state index contributed by atoms with van der Waals surface area (Å²) in [6.07, 6.45) is 3.22. The van der Waals surface area contributed by atoms with Gasteiger partial charge in [-0.15, -0.1) is 0 Å². The second-order valence-electron chi connectivity index (χ2n) is 4.67. The molecular weight excluding hydrogens is 202 g/mol. The first-order valence-electron chi connectivity index (χ1n) is 5.59. The number of aromatic nitrogens is 1. The van der Waals surface area contributed by atoms with E-state index in [0.717, 1.165) is 24.1 Å². The Hall–Kier alpha value is -1.60. The van der Waals surface area contributed by atoms with Crippen LogP contribution in [0.3, 0.4) is 0 Å². The average molecular weight is 215 g/mol. The van der Waals surface area contributed by atoms with Crippen LogP contribution < -0.4 is 5.56 Å². The summed E-state index contributed by atoms with van der Waals surface area (Å²) < 4.78 is 0. The fourth-order valence-electron chi connectivity index (χ4n) is 3.00. The van der Waals surface area contributed by atoms with Crippen LogP contribution in [-0.2, 0) is 6.42 Å². The number of nitrogens with one attached hydrogen (secondary N) is 1. The second-order valence-corrected chi connectivity index (χ2v) is 4.67. The van der Waals surface area contributed by atoms with Gasteiger partial charge in [-0.2, -0.15) is 5.26 Å². The van der Waals surface area contributed by atoms with E-state index >= 15 is 0 Å². The van der Waals surface area contributed by atoms with Crippen LogP contribution in [-0.4, -0.2) is 23.0 Å². The molecule has 4 nitrogen and oxygen atoms in total.